The highest BCUT2D eigenvalue weighted by atomic mass is 32.2. The minimum Gasteiger partial charge on any atom is -0.497 e. The molecule has 5 rings (SSSR count). The van der Waals surface area contributed by atoms with Crippen molar-refractivity contribution in [2.24, 2.45) is 0 Å². The average Bonchev–Trinajstić information content (AvgIpc) is 3.53. The molecule has 0 saturated heterocycles. The summed E-state index contributed by atoms with van der Waals surface area (Å²) in [7, 11) is -0.259. The van der Waals surface area contributed by atoms with Crippen LogP contribution >= 0.6 is 0 Å². The van der Waals surface area contributed by atoms with Crippen LogP contribution in [-0.2, 0) is 9.84 Å². The first-order valence-electron chi connectivity index (χ1n) is 11.5. The second-order valence-electron chi connectivity index (χ2n) is 8.14. The number of methoxy groups -OCH3 is 2. The van der Waals surface area contributed by atoms with Gasteiger partial charge in [-0.2, -0.15) is 4.98 Å². The Bertz CT molecular complexity index is 1630. The lowest BCUT2D eigenvalue weighted by Crippen LogP contribution is -2.13. The lowest BCUT2D eigenvalue weighted by molar-refractivity contribution is 0.414. The van der Waals surface area contributed by atoms with Crippen molar-refractivity contribution in [1.82, 2.24) is 19.4 Å². The van der Waals surface area contributed by atoms with Crippen LogP contribution in [0.25, 0.3) is 28.5 Å². The summed E-state index contributed by atoms with van der Waals surface area (Å²) < 4.78 is 43.1. The summed E-state index contributed by atoms with van der Waals surface area (Å²) in [5.41, 5.74) is 2.92. The van der Waals surface area contributed by atoms with Crippen molar-refractivity contribution in [3.63, 3.8) is 0 Å². The molecule has 3 heterocycles. The Hall–Kier alpha value is -4.38. The quantitative estimate of drug-likeness (QED) is 0.269. The predicted molar refractivity (Wildman–Crippen MR) is 139 cm³/mol. The van der Waals surface area contributed by atoms with Gasteiger partial charge in [-0.3, -0.25) is 4.40 Å². The molecular weight excluding hydrogens is 494 g/mol. The first-order chi connectivity index (χ1) is 18.0. The zero-order chi connectivity index (χ0) is 25.8. The Morgan fingerprint density at radius 2 is 1.81 bits per heavy atom. The van der Waals surface area contributed by atoms with Crippen molar-refractivity contribution < 1.29 is 22.3 Å². The molecule has 0 fully saturated rings. The van der Waals surface area contributed by atoms with Gasteiger partial charge in [-0.15, -0.1) is 0 Å². The van der Waals surface area contributed by atoms with Gasteiger partial charge >= 0.3 is 5.84 Å². The van der Waals surface area contributed by atoms with Crippen molar-refractivity contribution in [3.05, 3.63) is 73.3 Å². The molecule has 0 saturated carbocycles. The zero-order valence-corrected chi connectivity index (χ0v) is 21.1. The summed E-state index contributed by atoms with van der Waals surface area (Å²) in [6.07, 6.45) is 5.37. The molecule has 37 heavy (non-hydrogen) atoms. The number of aromatic nitrogens is 4. The number of imidazole rings is 1. The number of ether oxygens (including phenoxy) is 2. The fourth-order valence-electron chi connectivity index (χ4n) is 3.94. The summed E-state index contributed by atoms with van der Waals surface area (Å²) in [6, 6.07) is 15.8. The molecule has 0 bridgehead atoms. The number of anilines is 1. The number of fused-ring (bicyclic) bond motifs is 1. The van der Waals surface area contributed by atoms with Crippen LogP contribution in [-0.4, -0.2) is 54.3 Å². The Balaban J connectivity index is 1.33. The maximum Gasteiger partial charge on any atom is 0.306 e. The largest absolute Gasteiger partial charge is 0.497 e. The average molecular weight is 520 g/mol. The number of hydrogen-bond acceptors (Lipinski definition) is 9. The highest BCUT2D eigenvalue weighted by Gasteiger charge is 2.20. The second kappa shape index (κ2) is 10.3. The number of nitrogens with zero attached hydrogens (tertiary/aromatic N) is 4. The van der Waals surface area contributed by atoms with Gasteiger partial charge < -0.3 is 19.2 Å². The molecule has 0 aliphatic carbocycles. The minimum atomic E-state index is -3.41. The summed E-state index contributed by atoms with van der Waals surface area (Å²) >= 11 is 0. The van der Waals surface area contributed by atoms with Gasteiger partial charge in [0.1, 0.15) is 29.2 Å². The van der Waals surface area contributed by atoms with Crippen molar-refractivity contribution in [3.8, 4) is 34.1 Å². The van der Waals surface area contributed by atoms with E-state index < -0.39 is 9.84 Å². The lowest BCUT2D eigenvalue weighted by atomic mass is 10.1. The third-order valence-corrected chi connectivity index (χ3v) is 7.61. The number of nitrogens with one attached hydrogen (secondary N) is 1. The fraction of sp³-hybridized carbons (Fsp3) is 0.192. The molecule has 0 spiro atoms. The summed E-state index contributed by atoms with van der Waals surface area (Å²) in [6.45, 7) is 0.384. The molecule has 0 unspecified atom stereocenters. The summed E-state index contributed by atoms with van der Waals surface area (Å²) in [5.74, 6) is 2.13. The Labute approximate surface area is 213 Å². The third kappa shape index (κ3) is 5.12. The van der Waals surface area contributed by atoms with Gasteiger partial charge in [-0.1, -0.05) is 12.1 Å². The van der Waals surface area contributed by atoms with Gasteiger partial charge in [-0.25, -0.2) is 18.4 Å². The smallest absolute Gasteiger partial charge is 0.306 e. The molecule has 0 radical (unpaired) electrons. The Morgan fingerprint density at radius 1 is 1.00 bits per heavy atom. The van der Waals surface area contributed by atoms with Crippen molar-refractivity contribution in [2.45, 2.75) is 11.3 Å². The van der Waals surface area contributed by atoms with Gasteiger partial charge in [-0.05, 0) is 48.9 Å². The van der Waals surface area contributed by atoms with Crippen LogP contribution in [0.4, 0.5) is 5.95 Å². The van der Waals surface area contributed by atoms with E-state index in [1.807, 2.05) is 28.7 Å². The van der Waals surface area contributed by atoms with E-state index in [-0.39, 0.29) is 10.6 Å². The first kappa shape index (κ1) is 24.3. The molecule has 3 aromatic heterocycles. The molecule has 190 valence electrons. The lowest BCUT2D eigenvalue weighted by Gasteiger charge is -2.09. The third-order valence-electron chi connectivity index (χ3n) is 5.79. The zero-order valence-electron chi connectivity index (χ0n) is 20.3. The SMILES string of the molecule is COc1ccc(S(=O)(=O)CCCNc2nccc(-c3c(-c4cccc(OC)c4)nc4occn34)n2)cc1. The summed E-state index contributed by atoms with van der Waals surface area (Å²) in [5, 5.41) is 3.13. The molecule has 11 heteroatoms. The standard InChI is InChI=1S/C26H25N5O5S/c1-34-19-7-9-21(10-8-19)37(32,33)16-4-12-27-25-28-13-11-22(29-25)24-23(30-26-31(24)14-15-36-26)18-5-3-6-20(17-18)35-2/h3,5-11,13-15,17H,4,12,16H2,1-2H3,(H,27,28,29). The maximum atomic E-state index is 12.6. The Morgan fingerprint density at radius 3 is 2.59 bits per heavy atom. The van der Waals surface area contributed by atoms with Crippen LogP contribution in [0.3, 0.4) is 0 Å². The van der Waals surface area contributed by atoms with E-state index in [0.29, 0.717) is 47.6 Å². The van der Waals surface area contributed by atoms with Crippen LogP contribution in [0.1, 0.15) is 6.42 Å². The van der Waals surface area contributed by atoms with Crippen LogP contribution in [0.5, 0.6) is 11.5 Å². The van der Waals surface area contributed by atoms with Gasteiger partial charge in [0.05, 0.1) is 30.6 Å². The van der Waals surface area contributed by atoms with Gasteiger partial charge in [0.2, 0.25) is 5.95 Å². The number of oxazole rings is 1. The maximum absolute atomic E-state index is 12.6. The van der Waals surface area contributed by atoms with Crippen LogP contribution in [0.15, 0.2) is 82.6 Å². The van der Waals surface area contributed by atoms with E-state index in [1.54, 1.807) is 56.1 Å². The van der Waals surface area contributed by atoms with Crippen LogP contribution in [0.2, 0.25) is 0 Å². The predicted octanol–water partition coefficient (Wildman–Crippen LogP) is 4.34. The van der Waals surface area contributed by atoms with Crippen molar-refractivity contribution in [2.75, 3.05) is 31.8 Å². The normalized spacial score (nSPS) is 11.5. The van der Waals surface area contributed by atoms with E-state index >= 15 is 0 Å². The number of benzene rings is 2. The fourth-order valence-corrected chi connectivity index (χ4v) is 5.25. The number of sulfone groups is 1. The van der Waals surface area contributed by atoms with E-state index in [4.69, 9.17) is 13.9 Å². The molecule has 10 nitrogen and oxygen atoms in total. The van der Waals surface area contributed by atoms with Gasteiger partial charge in [0.15, 0.2) is 9.84 Å². The molecular formula is C26H25N5O5S. The monoisotopic (exact) mass is 519 g/mol. The van der Waals surface area contributed by atoms with E-state index in [2.05, 4.69) is 20.3 Å². The minimum absolute atomic E-state index is 0.00965. The Kier molecular flexibility index (Phi) is 6.78. The molecule has 2 aromatic carbocycles. The molecule has 5 aromatic rings. The van der Waals surface area contributed by atoms with Crippen molar-refractivity contribution in [1.29, 1.82) is 0 Å². The highest BCUT2D eigenvalue weighted by molar-refractivity contribution is 7.91. The molecule has 0 atom stereocenters. The van der Waals surface area contributed by atoms with Gasteiger partial charge in [0, 0.05) is 24.5 Å². The second-order valence-corrected chi connectivity index (χ2v) is 10.2. The highest BCUT2D eigenvalue weighted by Crippen LogP contribution is 2.33. The summed E-state index contributed by atoms with van der Waals surface area (Å²) in [4.78, 5) is 13.9. The van der Waals surface area contributed by atoms with E-state index in [1.165, 1.54) is 7.11 Å². The topological polar surface area (TPSA) is 121 Å². The molecule has 1 N–H and O–H groups in total. The van der Waals surface area contributed by atoms with E-state index in [9.17, 15) is 8.42 Å². The number of hydrogen-bond donors (Lipinski definition) is 1. The number of rotatable bonds is 10. The molecule has 0 amide bonds. The van der Waals surface area contributed by atoms with Gasteiger partial charge in [0.25, 0.3) is 0 Å². The first-order valence-corrected chi connectivity index (χ1v) is 13.2. The van der Waals surface area contributed by atoms with Crippen LogP contribution < -0.4 is 14.8 Å². The van der Waals surface area contributed by atoms with Crippen LogP contribution in [0, 0.1) is 0 Å². The molecule has 0 aliphatic heterocycles. The molecule has 0 aliphatic rings. The van der Waals surface area contributed by atoms with Crippen molar-refractivity contribution >= 4 is 21.6 Å². The van der Waals surface area contributed by atoms with E-state index in [0.717, 1.165) is 11.3 Å².